The maximum atomic E-state index is 12.7. The number of hydrogen-bond donors (Lipinski definition) is 0. The molecule has 42 heavy (non-hydrogen) atoms. The fraction of sp³-hybridized carbons (Fsp3) is 0.529. The van der Waals surface area contributed by atoms with Gasteiger partial charge in [-0.05, 0) is 36.8 Å². The summed E-state index contributed by atoms with van der Waals surface area (Å²) in [6, 6.07) is 10.7. The number of ether oxygens (including phenoxy) is 4. The summed E-state index contributed by atoms with van der Waals surface area (Å²) in [6.45, 7) is 8.68. The van der Waals surface area contributed by atoms with Crippen LogP contribution in [0.3, 0.4) is 0 Å². The van der Waals surface area contributed by atoms with E-state index in [-0.39, 0.29) is 13.2 Å². The fourth-order valence-corrected chi connectivity index (χ4v) is 5.54. The van der Waals surface area contributed by atoms with Crippen LogP contribution in [0.25, 0.3) is 21.5 Å². The van der Waals surface area contributed by atoms with Crippen LogP contribution < -0.4 is 9.47 Å². The zero-order valence-corrected chi connectivity index (χ0v) is 26.8. The summed E-state index contributed by atoms with van der Waals surface area (Å²) in [4.78, 5) is 25.4. The van der Waals surface area contributed by atoms with Crippen molar-refractivity contribution in [2.45, 2.75) is 79.1 Å². The summed E-state index contributed by atoms with van der Waals surface area (Å²) in [5, 5.41) is 3.14. The van der Waals surface area contributed by atoms with Gasteiger partial charge in [-0.3, -0.25) is 0 Å². The molecule has 0 aliphatic rings. The molecule has 0 spiro atoms. The van der Waals surface area contributed by atoms with Crippen molar-refractivity contribution in [2.75, 3.05) is 26.4 Å². The molecule has 0 bridgehead atoms. The zero-order chi connectivity index (χ0) is 30.5. The lowest BCUT2D eigenvalue weighted by Gasteiger charge is -2.20. The highest BCUT2D eigenvalue weighted by Gasteiger charge is 2.22. The smallest absolute Gasteiger partial charge is 0.344 e. The van der Waals surface area contributed by atoms with E-state index in [1.54, 1.807) is 24.3 Å². The van der Waals surface area contributed by atoms with E-state index < -0.39 is 11.9 Å². The molecule has 3 aromatic carbocycles. The van der Waals surface area contributed by atoms with E-state index in [9.17, 15) is 9.59 Å². The number of esters is 2. The quantitative estimate of drug-likeness (QED) is 0.104. The SMILES string of the molecule is CCCCC(CC)COC(=O)COc1c2cccc(Cl)c2c(OCC(=O)OCC(CC)CCCC)c2c(Cl)cccc12. The van der Waals surface area contributed by atoms with E-state index in [1.807, 2.05) is 12.1 Å². The molecule has 0 radical (unpaired) electrons. The Morgan fingerprint density at radius 1 is 0.667 bits per heavy atom. The van der Waals surface area contributed by atoms with E-state index in [1.165, 1.54) is 0 Å². The number of carbonyl (C=O) groups is 2. The zero-order valence-electron chi connectivity index (χ0n) is 25.3. The summed E-state index contributed by atoms with van der Waals surface area (Å²) in [6.07, 6.45) is 8.37. The van der Waals surface area contributed by atoms with Crippen LogP contribution in [0, 0.1) is 11.8 Å². The maximum absolute atomic E-state index is 12.7. The number of carbonyl (C=O) groups excluding carboxylic acids is 2. The molecule has 3 aromatic rings. The Bertz CT molecular complexity index is 1260. The number of fused-ring (bicyclic) bond motifs is 2. The molecule has 3 rings (SSSR count). The molecule has 0 aliphatic carbocycles. The summed E-state index contributed by atoms with van der Waals surface area (Å²) in [5.74, 6) is 0.562. The van der Waals surface area contributed by atoms with Gasteiger partial charge in [-0.25, -0.2) is 9.59 Å². The summed E-state index contributed by atoms with van der Waals surface area (Å²) in [7, 11) is 0. The molecule has 8 heteroatoms. The van der Waals surface area contributed by atoms with Crippen LogP contribution in [0.4, 0.5) is 0 Å². The first-order valence-corrected chi connectivity index (χ1v) is 16.0. The second-order valence-electron chi connectivity index (χ2n) is 10.8. The fourth-order valence-electron chi connectivity index (χ4n) is 5.02. The highest BCUT2D eigenvalue weighted by molar-refractivity contribution is 6.40. The Morgan fingerprint density at radius 2 is 1.10 bits per heavy atom. The molecule has 0 fully saturated rings. The average Bonchev–Trinajstić information content (AvgIpc) is 2.99. The highest BCUT2D eigenvalue weighted by atomic mass is 35.5. The van der Waals surface area contributed by atoms with Gasteiger partial charge in [-0.1, -0.05) is 114 Å². The van der Waals surface area contributed by atoms with Crippen molar-refractivity contribution in [1.82, 2.24) is 0 Å². The predicted octanol–water partition coefficient (Wildman–Crippen LogP) is 9.58. The maximum Gasteiger partial charge on any atom is 0.344 e. The molecule has 0 heterocycles. The minimum absolute atomic E-state index is 0.267. The molecule has 0 N–H and O–H groups in total. The van der Waals surface area contributed by atoms with Crippen LogP contribution in [0.2, 0.25) is 10.0 Å². The molecule has 230 valence electrons. The minimum Gasteiger partial charge on any atom is -0.481 e. The molecule has 0 saturated heterocycles. The normalized spacial score (nSPS) is 12.7. The summed E-state index contributed by atoms with van der Waals surface area (Å²) < 4.78 is 23.3. The summed E-state index contributed by atoms with van der Waals surface area (Å²) in [5.41, 5.74) is 0. The minimum atomic E-state index is -0.460. The largest absolute Gasteiger partial charge is 0.481 e. The molecule has 0 saturated carbocycles. The number of unbranched alkanes of at least 4 members (excludes halogenated alkanes) is 2. The van der Waals surface area contributed by atoms with Crippen molar-refractivity contribution in [1.29, 1.82) is 0 Å². The van der Waals surface area contributed by atoms with E-state index >= 15 is 0 Å². The third kappa shape index (κ3) is 9.15. The van der Waals surface area contributed by atoms with Crippen molar-refractivity contribution in [2.24, 2.45) is 11.8 Å². The van der Waals surface area contributed by atoms with E-state index in [2.05, 4.69) is 27.7 Å². The van der Waals surface area contributed by atoms with Gasteiger partial charge in [0.05, 0.1) is 23.3 Å². The van der Waals surface area contributed by atoms with Crippen molar-refractivity contribution < 1.29 is 28.5 Å². The third-order valence-corrected chi connectivity index (χ3v) is 8.32. The summed E-state index contributed by atoms with van der Waals surface area (Å²) >= 11 is 13.4. The molecule has 0 aliphatic heterocycles. The number of hydrogen-bond acceptors (Lipinski definition) is 6. The van der Waals surface area contributed by atoms with Crippen LogP contribution >= 0.6 is 23.2 Å². The lowest BCUT2D eigenvalue weighted by Crippen LogP contribution is -2.20. The van der Waals surface area contributed by atoms with Gasteiger partial charge in [0.25, 0.3) is 0 Å². The first-order chi connectivity index (χ1) is 20.3. The number of halogens is 2. The molecule has 0 aromatic heterocycles. The second-order valence-corrected chi connectivity index (χ2v) is 11.6. The van der Waals surface area contributed by atoms with E-state index in [0.29, 0.717) is 68.1 Å². The monoisotopic (exact) mass is 618 g/mol. The lowest BCUT2D eigenvalue weighted by molar-refractivity contribution is -0.148. The topological polar surface area (TPSA) is 71.1 Å². The third-order valence-electron chi connectivity index (χ3n) is 7.69. The first kappa shape index (κ1) is 33.8. The van der Waals surface area contributed by atoms with Gasteiger partial charge in [0.15, 0.2) is 13.2 Å². The number of rotatable bonds is 18. The molecule has 0 amide bonds. The van der Waals surface area contributed by atoms with Crippen molar-refractivity contribution >= 4 is 56.7 Å². The van der Waals surface area contributed by atoms with Crippen molar-refractivity contribution in [3.8, 4) is 11.5 Å². The van der Waals surface area contributed by atoms with Crippen LogP contribution in [0.15, 0.2) is 36.4 Å². The van der Waals surface area contributed by atoms with Gasteiger partial charge in [0.2, 0.25) is 0 Å². The molecule has 2 unspecified atom stereocenters. The Balaban J connectivity index is 1.85. The number of benzene rings is 3. The van der Waals surface area contributed by atoms with Gasteiger partial charge in [0.1, 0.15) is 11.5 Å². The van der Waals surface area contributed by atoms with Gasteiger partial charge in [-0.2, -0.15) is 0 Å². The van der Waals surface area contributed by atoms with E-state index in [0.717, 1.165) is 51.4 Å². The van der Waals surface area contributed by atoms with Crippen LogP contribution in [0.1, 0.15) is 79.1 Å². The van der Waals surface area contributed by atoms with Crippen molar-refractivity contribution in [3.63, 3.8) is 0 Å². The van der Waals surface area contributed by atoms with Crippen LogP contribution in [-0.2, 0) is 19.1 Å². The van der Waals surface area contributed by atoms with Crippen molar-refractivity contribution in [3.05, 3.63) is 46.4 Å². The van der Waals surface area contributed by atoms with Gasteiger partial charge in [-0.15, -0.1) is 0 Å². The molecular formula is C34H44Cl2O6. The van der Waals surface area contributed by atoms with Gasteiger partial charge >= 0.3 is 11.9 Å². The van der Waals surface area contributed by atoms with E-state index in [4.69, 9.17) is 42.1 Å². The lowest BCUT2D eigenvalue weighted by atomic mass is 10.00. The van der Waals surface area contributed by atoms with Crippen LogP contribution in [-0.4, -0.2) is 38.4 Å². The first-order valence-electron chi connectivity index (χ1n) is 15.2. The predicted molar refractivity (Wildman–Crippen MR) is 171 cm³/mol. The highest BCUT2D eigenvalue weighted by Crippen LogP contribution is 2.47. The standard InChI is InChI=1S/C34H44Cl2O6/c1-5-9-13-23(7-3)19-39-29(37)21-41-33-25-15-11-17-27(35)31(25)34(32-26(33)16-12-18-28(32)36)42-22-30(38)40-20-24(8-4)14-10-6-2/h11-12,15-18,23-24H,5-10,13-14,19-22H2,1-4H3. The Kier molecular flexibility index (Phi) is 14.0. The molecule has 6 nitrogen and oxygen atoms in total. The van der Waals surface area contributed by atoms with Crippen LogP contribution in [0.5, 0.6) is 11.5 Å². The Hall–Kier alpha value is -2.70. The average molecular weight is 620 g/mol. The Morgan fingerprint density at radius 3 is 1.50 bits per heavy atom. The molecule has 2 atom stereocenters. The van der Waals surface area contributed by atoms with Gasteiger partial charge in [0, 0.05) is 21.5 Å². The second kappa shape index (κ2) is 17.4. The molecular weight excluding hydrogens is 575 g/mol. The Labute approximate surface area is 259 Å². The van der Waals surface area contributed by atoms with Gasteiger partial charge < -0.3 is 18.9 Å².